The number of aromatic nitrogens is 9. The smallest absolute Gasteiger partial charge is 0.316 e. The molecule has 0 saturated carbocycles. The second-order valence-corrected chi connectivity index (χ2v) is 12.7. The van der Waals surface area contributed by atoms with Crippen LogP contribution in [-0.2, 0) is 9.84 Å². The van der Waals surface area contributed by atoms with Crippen LogP contribution in [0.25, 0.3) is 28.0 Å². The number of hydrogen-bond donors (Lipinski definition) is 2. The van der Waals surface area contributed by atoms with Crippen molar-refractivity contribution in [2.24, 2.45) is 0 Å². The Balaban J connectivity index is 1.26. The molecule has 2 aliphatic rings. The number of pyridine rings is 1. The summed E-state index contributed by atoms with van der Waals surface area (Å²) in [5.41, 5.74) is 10.1. The number of H-pyrrole nitrogens is 1. The van der Waals surface area contributed by atoms with Crippen molar-refractivity contribution in [3.63, 3.8) is 0 Å². The van der Waals surface area contributed by atoms with Gasteiger partial charge in [-0.15, -0.1) is 10.2 Å². The number of fused-ring (bicyclic) bond motifs is 3. The second-order valence-electron chi connectivity index (χ2n) is 10.8. The zero-order valence-corrected chi connectivity index (χ0v) is 24.1. The summed E-state index contributed by atoms with van der Waals surface area (Å²) >= 11 is 0. The van der Waals surface area contributed by atoms with Crippen molar-refractivity contribution < 1.29 is 17.9 Å². The Morgan fingerprint density at radius 3 is 2.37 bits per heavy atom. The number of nitrogens with two attached hydrogens (primary N) is 1. The first kappa shape index (κ1) is 26.9. The molecule has 1 amide bonds. The molecular weight excluding hydrogens is 574 g/mol. The summed E-state index contributed by atoms with van der Waals surface area (Å²) < 4.78 is 32.5. The number of carbonyl (C=O) groups is 1. The number of hydrogen-bond acceptors (Lipinski definition) is 12. The van der Waals surface area contributed by atoms with Crippen LogP contribution in [0, 0.1) is 0 Å². The number of anilines is 1. The molecule has 0 aliphatic carbocycles. The lowest BCUT2D eigenvalue weighted by molar-refractivity contribution is 0.0556. The van der Waals surface area contributed by atoms with E-state index in [1.54, 1.807) is 24.8 Å². The van der Waals surface area contributed by atoms with Gasteiger partial charge in [0.05, 0.1) is 24.7 Å². The highest BCUT2D eigenvalue weighted by Crippen LogP contribution is 2.45. The number of rotatable bonds is 6. The third-order valence-corrected chi connectivity index (χ3v) is 9.35. The number of carbonyl (C=O) groups excluding carboxylic acids is 1. The summed E-state index contributed by atoms with van der Waals surface area (Å²) in [6, 6.07) is 3.80. The number of aromatic amines is 1. The Morgan fingerprint density at radius 2 is 1.77 bits per heavy atom. The van der Waals surface area contributed by atoms with Gasteiger partial charge in [-0.05, 0) is 31.7 Å². The van der Waals surface area contributed by atoms with Crippen molar-refractivity contribution in [3.05, 3.63) is 54.8 Å². The van der Waals surface area contributed by atoms with Crippen molar-refractivity contribution >= 4 is 27.2 Å². The molecule has 7 rings (SSSR count). The van der Waals surface area contributed by atoms with Gasteiger partial charge in [-0.25, -0.2) is 23.4 Å². The first-order valence-electron chi connectivity index (χ1n) is 13.6. The number of ether oxygens (including phenoxy) is 1. The van der Waals surface area contributed by atoms with E-state index in [1.165, 1.54) is 18.0 Å². The first-order chi connectivity index (χ1) is 20.7. The van der Waals surface area contributed by atoms with Crippen LogP contribution in [0.15, 0.2) is 48.1 Å². The molecule has 5 aromatic heterocycles. The minimum absolute atomic E-state index is 0.00113. The summed E-state index contributed by atoms with van der Waals surface area (Å²) in [6.07, 6.45) is 11.8. The maximum absolute atomic E-state index is 13.2. The van der Waals surface area contributed by atoms with Gasteiger partial charge in [0.1, 0.15) is 17.0 Å². The van der Waals surface area contributed by atoms with Crippen molar-refractivity contribution in [1.82, 2.24) is 49.6 Å². The number of methoxy groups -OCH3 is 1. The predicted molar refractivity (Wildman–Crippen MR) is 153 cm³/mol. The van der Waals surface area contributed by atoms with E-state index in [0.717, 1.165) is 30.2 Å². The topological polar surface area (TPSA) is 200 Å². The molecule has 5 aromatic rings. The van der Waals surface area contributed by atoms with Gasteiger partial charge in [-0.2, -0.15) is 9.61 Å². The van der Waals surface area contributed by atoms with Crippen molar-refractivity contribution in [2.75, 3.05) is 19.1 Å². The Hall–Kier alpha value is -4.99. The standard InChI is InChI=1S/C27H27N11O4S/c1-42-27-30-10-16(11-31-27)20-6-3-14(9-29-20)19-12-34-38-23(28)22(43(2,40)41)21(35-25(19)38)15-7-17-4-5-18(8-15)37(17)26(39)24-32-13-33-36-24/h3,6,9-13,15,17-18H,4-5,7-8,28H2,1-2H3,(H,32,33,36). The zero-order valence-electron chi connectivity index (χ0n) is 23.2. The van der Waals surface area contributed by atoms with Crippen molar-refractivity contribution in [1.29, 1.82) is 0 Å². The SMILES string of the molecule is COc1ncc(-c2ccc(-c3cnn4c(N)c(S(C)(=O)=O)c(C5CC6CCC(C5)N6C(=O)c5nnc[nH]5)nc34)cn2)cn1. The van der Waals surface area contributed by atoms with Crippen molar-refractivity contribution in [2.45, 2.75) is 48.6 Å². The molecule has 220 valence electrons. The number of nitrogens with zero attached hydrogens (tertiary/aromatic N) is 9. The Kier molecular flexibility index (Phi) is 6.30. The van der Waals surface area contributed by atoms with Crippen molar-refractivity contribution in [3.8, 4) is 28.4 Å². The fourth-order valence-electron chi connectivity index (χ4n) is 6.32. The molecule has 43 heavy (non-hydrogen) atoms. The van der Waals surface area contributed by atoms with E-state index in [4.69, 9.17) is 15.5 Å². The zero-order chi connectivity index (χ0) is 29.9. The molecule has 16 heteroatoms. The van der Waals surface area contributed by atoms with E-state index in [9.17, 15) is 13.2 Å². The highest BCUT2D eigenvalue weighted by atomic mass is 32.2. The van der Waals surface area contributed by atoms with Gasteiger partial charge >= 0.3 is 6.01 Å². The van der Waals surface area contributed by atoms with E-state index in [0.29, 0.717) is 35.4 Å². The minimum atomic E-state index is -3.77. The molecule has 2 fully saturated rings. The molecule has 2 aliphatic heterocycles. The number of amides is 1. The minimum Gasteiger partial charge on any atom is -0.467 e. The molecule has 2 atom stereocenters. The molecule has 2 unspecified atom stereocenters. The molecule has 0 spiro atoms. The Morgan fingerprint density at radius 1 is 1.05 bits per heavy atom. The maximum Gasteiger partial charge on any atom is 0.316 e. The van der Waals surface area contributed by atoms with Gasteiger partial charge in [-0.1, -0.05) is 6.07 Å². The lowest BCUT2D eigenvalue weighted by Crippen LogP contribution is -2.46. The van der Waals surface area contributed by atoms with Crippen LogP contribution in [0.3, 0.4) is 0 Å². The van der Waals surface area contributed by atoms with Crippen LogP contribution < -0.4 is 10.5 Å². The lowest BCUT2D eigenvalue weighted by Gasteiger charge is -2.38. The quantitative estimate of drug-likeness (QED) is 0.287. The third kappa shape index (κ3) is 4.54. The van der Waals surface area contributed by atoms with Gasteiger partial charge in [0.2, 0.25) is 5.82 Å². The van der Waals surface area contributed by atoms with E-state index in [-0.39, 0.29) is 46.5 Å². The molecule has 2 saturated heterocycles. The molecule has 15 nitrogen and oxygen atoms in total. The summed E-state index contributed by atoms with van der Waals surface area (Å²) in [7, 11) is -2.27. The Bertz CT molecular complexity index is 1930. The van der Waals surface area contributed by atoms with Crippen LogP contribution in [0.2, 0.25) is 0 Å². The summed E-state index contributed by atoms with van der Waals surface area (Å²) in [5, 5.41) is 12.0. The van der Waals surface area contributed by atoms with Crippen LogP contribution in [0.1, 0.15) is 47.9 Å². The van der Waals surface area contributed by atoms with Gasteiger partial charge < -0.3 is 20.4 Å². The van der Waals surface area contributed by atoms with E-state index >= 15 is 0 Å². The number of nitrogen functional groups attached to an aromatic ring is 1. The average Bonchev–Trinajstić information content (AvgIpc) is 3.75. The van der Waals surface area contributed by atoms with E-state index in [1.807, 2.05) is 17.0 Å². The summed E-state index contributed by atoms with van der Waals surface area (Å²) in [6.45, 7) is 0. The number of nitrogens with one attached hydrogen (secondary N) is 1. The van der Waals surface area contributed by atoms with E-state index < -0.39 is 9.84 Å². The molecule has 7 heterocycles. The largest absolute Gasteiger partial charge is 0.467 e. The second kappa shape index (κ2) is 10.1. The van der Waals surface area contributed by atoms with Crippen LogP contribution in [0.5, 0.6) is 6.01 Å². The van der Waals surface area contributed by atoms with Gasteiger partial charge in [0.15, 0.2) is 15.5 Å². The van der Waals surface area contributed by atoms with Crippen LogP contribution in [-0.4, -0.2) is 89.4 Å². The van der Waals surface area contributed by atoms with Gasteiger partial charge in [-0.3, -0.25) is 9.78 Å². The molecule has 3 N–H and O–H groups in total. The van der Waals surface area contributed by atoms with Gasteiger partial charge in [0, 0.05) is 59.5 Å². The normalized spacial score (nSPS) is 20.0. The lowest BCUT2D eigenvalue weighted by atomic mass is 9.87. The van der Waals surface area contributed by atoms with E-state index in [2.05, 4.69) is 35.2 Å². The fourth-order valence-corrected chi connectivity index (χ4v) is 7.38. The highest BCUT2D eigenvalue weighted by molar-refractivity contribution is 7.91. The Labute approximate surface area is 245 Å². The third-order valence-electron chi connectivity index (χ3n) is 8.19. The molecular formula is C27H27N11O4S. The first-order valence-corrected chi connectivity index (χ1v) is 15.5. The molecule has 0 aromatic carbocycles. The number of sulfone groups is 1. The molecule has 0 radical (unpaired) electrons. The average molecular weight is 602 g/mol. The summed E-state index contributed by atoms with van der Waals surface area (Å²) in [5.74, 6) is -0.239. The monoisotopic (exact) mass is 601 g/mol. The van der Waals surface area contributed by atoms with Crippen LogP contribution >= 0.6 is 0 Å². The fraction of sp³-hybridized carbons (Fsp3) is 0.333. The highest BCUT2D eigenvalue weighted by Gasteiger charge is 2.46. The maximum atomic E-state index is 13.2. The molecule has 2 bridgehead atoms. The number of piperidine rings is 1. The summed E-state index contributed by atoms with van der Waals surface area (Å²) in [4.78, 5) is 35.5. The van der Waals surface area contributed by atoms with Crippen LogP contribution in [0.4, 0.5) is 5.82 Å². The predicted octanol–water partition coefficient (Wildman–Crippen LogP) is 1.91. The van der Waals surface area contributed by atoms with Gasteiger partial charge in [0.25, 0.3) is 5.91 Å².